The van der Waals surface area contributed by atoms with Crippen molar-refractivity contribution in [2.75, 3.05) is 0 Å². The number of amides is 1. The predicted octanol–water partition coefficient (Wildman–Crippen LogP) is 5.10. The molecule has 4 rings (SSSR count). The Morgan fingerprint density at radius 3 is 2.38 bits per heavy atom. The largest absolute Gasteiger partial charge is 0.416 e. The third kappa shape index (κ3) is 6.32. The van der Waals surface area contributed by atoms with E-state index in [4.69, 9.17) is 0 Å². The minimum absolute atomic E-state index is 0.0224. The normalized spacial score (nSPS) is 12.1. The topological polar surface area (TPSA) is 101 Å². The fourth-order valence-electron chi connectivity index (χ4n) is 3.73. The molecule has 0 unspecified atom stereocenters. The summed E-state index contributed by atoms with van der Waals surface area (Å²) in [5.74, 6) is -0.434. The second kappa shape index (κ2) is 10.4. The second-order valence-corrected chi connectivity index (χ2v) is 9.39. The van der Waals surface area contributed by atoms with Crippen LogP contribution >= 0.6 is 0 Å². The molecule has 0 radical (unpaired) electrons. The molecule has 1 amide bonds. The molecule has 2 N–H and O–H groups in total. The van der Waals surface area contributed by atoms with Crippen LogP contribution in [0.4, 0.5) is 13.2 Å². The number of rotatable bonds is 7. The highest BCUT2D eigenvalue weighted by Crippen LogP contribution is 2.36. The fourth-order valence-corrected chi connectivity index (χ4v) is 4.42. The summed E-state index contributed by atoms with van der Waals surface area (Å²) in [4.78, 5) is 11.7. The van der Waals surface area contributed by atoms with Gasteiger partial charge in [0.05, 0.1) is 18.2 Å². The average molecular weight is 528 g/mol. The van der Waals surface area contributed by atoms with E-state index in [0.29, 0.717) is 18.2 Å². The molecule has 0 spiro atoms. The monoisotopic (exact) mass is 527 g/mol. The maximum atomic E-state index is 13.3. The van der Waals surface area contributed by atoms with Crippen molar-refractivity contribution in [1.29, 1.82) is 0 Å². The zero-order valence-corrected chi connectivity index (χ0v) is 19.9. The Morgan fingerprint density at radius 1 is 0.946 bits per heavy atom. The number of hydrogen-bond acceptors (Lipinski definition) is 4. The molecule has 0 atom stereocenters. The van der Waals surface area contributed by atoms with E-state index in [2.05, 4.69) is 10.5 Å². The Bertz CT molecular complexity index is 1560. The number of aromatic nitrogens is 1. The van der Waals surface area contributed by atoms with Crippen LogP contribution in [0.25, 0.3) is 16.8 Å². The third-order valence-electron chi connectivity index (χ3n) is 5.41. The molecule has 0 saturated heterocycles. The van der Waals surface area contributed by atoms with Crippen LogP contribution in [0, 0.1) is 0 Å². The Balaban J connectivity index is 1.57. The maximum absolute atomic E-state index is 13.3. The molecule has 0 bridgehead atoms. The molecular weight excluding hydrogens is 507 g/mol. The van der Waals surface area contributed by atoms with Gasteiger partial charge in [-0.15, -0.1) is 0 Å². The molecule has 1 aromatic heterocycles. The standard InChI is InChI=1S/C26H20F3N3O4S/c27-26(28,29)20-10-11-24(37(34,35)36)23(16-20)22-9-2-1-7-19(22)17-30-31-25(33)15-18-6-5-8-21(14-18)32-12-3-4-13-32/h1-14,16-17H,15H2,(H,31,33)(H,34,35,36)/b30-17+. The number of benzene rings is 3. The van der Waals surface area contributed by atoms with Crippen molar-refractivity contribution in [3.8, 4) is 16.8 Å². The second-order valence-electron chi connectivity index (χ2n) is 8.00. The molecular formula is C26H20F3N3O4S. The predicted molar refractivity (Wildman–Crippen MR) is 132 cm³/mol. The molecule has 0 aliphatic carbocycles. The highest BCUT2D eigenvalue weighted by Gasteiger charge is 2.32. The highest BCUT2D eigenvalue weighted by atomic mass is 32.2. The number of hydrogen-bond donors (Lipinski definition) is 2. The van der Waals surface area contributed by atoms with Crippen LogP contribution < -0.4 is 5.43 Å². The lowest BCUT2D eigenvalue weighted by atomic mass is 9.98. The van der Waals surface area contributed by atoms with Crippen LogP contribution in [0.5, 0.6) is 0 Å². The van der Waals surface area contributed by atoms with Gasteiger partial charge < -0.3 is 4.57 Å². The van der Waals surface area contributed by atoms with E-state index in [-0.39, 0.29) is 23.1 Å². The Hall–Kier alpha value is -4.22. The summed E-state index contributed by atoms with van der Waals surface area (Å²) in [7, 11) is -4.83. The Morgan fingerprint density at radius 2 is 1.68 bits per heavy atom. The highest BCUT2D eigenvalue weighted by molar-refractivity contribution is 7.86. The quantitative estimate of drug-likeness (QED) is 0.198. The lowest BCUT2D eigenvalue weighted by molar-refractivity contribution is -0.137. The van der Waals surface area contributed by atoms with Gasteiger partial charge in [0.25, 0.3) is 10.1 Å². The van der Waals surface area contributed by atoms with Crippen molar-refractivity contribution >= 4 is 22.2 Å². The molecule has 0 fully saturated rings. The van der Waals surface area contributed by atoms with Gasteiger partial charge >= 0.3 is 6.18 Å². The van der Waals surface area contributed by atoms with Crippen LogP contribution in [0.1, 0.15) is 16.7 Å². The summed E-state index contributed by atoms with van der Waals surface area (Å²) in [6.07, 6.45) is 0.228. The van der Waals surface area contributed by atoms with Gasteiger partial charge in [0.2, 0.25) is 5.91 Å². The van der Waals surface area contributed by atoms with Crippen molar-refractivity contribution in [1.82, 2.24) is 9.99 Å². The van der Waals surface area contributed by atoms with Crippen molar-refractivity contribution < 1.29 is 30.9 Å². The van der Waals surface area contributed by atoms with Gasteiger partial charge in [-0.2, -0.15) is 26.7 Å². The SMILES string of the molecule is O=C(Cc1cccc(-n2cccc2)c1)N/N=C/c1ccccc1-c1cc(C(F)(F)F)ccc1S(=O)(=O)O. The van der Waals surface area contributed by atoms with Gasteiger partial charge in [0.15, 0.2) is 0 Å². The van der Waals surface area contributed by atoms with E-state index in [1.165, 1.54) is 24.4 Å². The van der Waals surface area contributed by atoms with Crippen molar-refractivity contribution in [3.05, 3.63) is 108 Å². The number of halogens is 3. The smallest absolute Gasteiger partial charge is 0.324 e. The first kappa shape index (κ1) is 25.9. The number of alkyl halides is 3. The molecule has 7 nitrogen and oxygen atoms in total. The number of nitrogens with zero attached hydrogens (tertiary/aromatic N) is 2. The number of carbonyl (C=O) groups excluding carboxylic acids is 1. The minimum atomic E-state index is -4.83. The van der Waals surface area contributed by atoms with E-state index >= 15 is 0 Å². The zero-order valence-electron chi connectivity index (χ0n) is 19.1. The summed E-state index contributed by atoms with van der Waals surface area (Å²) in [6.45, 7) is 0. The summed E-state index contributed by atoms with van der Waals surface area (Å²) >= 11 is 0. The number of carbonyl (C=O) groups is 1. The first-order valence-corrected chi connectivity index (χ1v) is 12.3. The van der Waals surface area contributed by atoms with E-state index in [1.807, 2.05) is 47.3 Å². The summed E-state index contributed by atoms with van der Waals surface area (Å²) < 4.78 is 75.1. The summed E-state index contributed by atoms with van der Waals surface area (Å²) in [6, 6.07) is 19.0. The van der Waals surface area contributed by atoms with Gasteiger partial charge in [0.1, 0.15) is 4.90 Å². The molecule has 0 saturated carbocycles. The molecule has 11 heteroatoms. The van der Waals surface area contributed by atoms with Gasteiger partial charge in [-0.1, -0.05) is 36.4 Å². The van der Waals surface area contributed by atoms with E-state index in [1.54, 1.807) is 12.1 Å². The molecule has 3 aromatic carbocycles. The Labute approximate surface area is 210 Å². The van der Waals surface area contributed by atoms with E-state index < -0.39 is 32.7 Å². The molecule has 4 aromatic rings. The van der Waals surface area contributed by atoms with Crippen LogP contribution in [0.3, 0.4) is 0 Å². The molecule has 0 aliphatic rings. The zero-order chi connectivity index (χ0) is 26.6. The van der Waals surface area contributed by atoms with E-state index in [0.717, 1.165) is 11.3 Å². The van der Waals surface area contributed by atoms with Crippen LogP contribution in [0.2, 0.25) is 0 Å². The minimum Gasteiger partial charge on any atom is -0.324 e. The maximum Gasteiger partial charge on any atom is 0.416 e. The summed E-state index contributed by atoms with van der Waals surface area (Å²) in [5.41, 5.74) is 2.84. The van der Waals surface area contributed by atoms with Crippen LogP contribution in [-0.4, -0.2) is 29.7 Å². The van der Waals surface area contributed by atoms with Crippen molar-refractivity contribution in [2.45, 2.75) is 17.5 Å². The molecule has 1 heterocycles. The van der Waals surface area contributed by atoms with Crippen LogP contribution in [0.15, 0.2) is 101 Å². The van der Waals surface area contributed by atoms with Crippen LogP contribution in [-0.2, 0) is 27.5 Å². The average Bonchev–Trinajstić information content (AvgIpc) is 3.38. The first-order chi connectivity index (χ1) is 17.5. The van der Waals surface area contributed by atoms with Crippen molar-refractivity contribution in [2.24, 2.45) is 5.10 Å². The van der Waals surface area contributed by atoms with Gasteiger partial charge in [0, 0.05) is 29.2 Å². The van der Waals surface area contributed by atoms with Gasteiger partial charge in [-0.05, 0) is 53.6 Å². The number of nitrogens with one attached hydrogen (secondary N) is 1. The van der Waals surface area contributed by atoms with Gasteiger partial charge in [-0.3, -0.25) is 9.35 Å². The fraction of sp³-hybridized carbons (Fsp3) is 0.0769. The lowest BCUT2D eigenvalue weighted by Gasteiger charge is -2.14. The molecule has 190 valence electrons. The third-order valence-corrected chi connectivity index (χ3v) is 6.32. The summed E-state index contributed by atoms with van der Waals surface area (Å²) in [5, 5.41) is 3.90. The lowest BCUT2D eigenvalue weighted by Crippen LogP contribution is -2.19. The van der Waals surface area contributed by atoms with Gasteiger partial charge in [-0.25, -0.2) is 5.43 Å². The molecule has 0 aliphatic heterocycles. The first-order valence-electron chi connectivity index (χ1n) is 10.8. The van der Waals surface area contributed by atoms with E-state index in [9.17, 15) is 30.9 Å². The molecule has 37 heavy (non-hydrogen) atoms. The van der Waals surface area contributed by atoms with Crippen molar-refractivity contribution in [3.63, 3.8) is 0 Å². The number of hydrazone groups is 1. The Kier molecular flexibility index (Phi) is 7.28.